The molecule has 5 nitrogen and oxygen atoms in total. The lowest BCUT2D eigenvalue weighted by atomic mass is 10.1. The molecule has 0 bridgehead atoms. The molecule has 5 aromatic rings. The average molecular weight is 434 g/mol. The largest absolute Gasteiger partial charge is 0.497 e. The highest BCUT2D eigenvalue weighted by Gasteiger charge is 2.17. The number of pyridine rings is 1. The second-order valence-electron chi connectivity index (χ2n) is 7.74. The first-order chi connectivity index (χ1) is 16.2. The van der Waals surface area contributed by atoms with Gasteiger partial charge in [0.2, 0.25) is 5.91 Å². The Morgan fingerprint density at radius 3 is 2.15 bits per heavy atom. The van der Waals surface area contributed by atoms with E-state index in [1.165, 1.54) is 0 Å². The molecule has 0 unspecified atom stereocenters. The highest BCUT2D eigenvalue weighted by atomic mass is 16.5. The van der Waals surface area contributed by atoms with Gasteiger partial charge in [0.15, 0.2) is 0 Å². The first kappa shape index (κ1) is 20.5. The van der Waals surface area contributed by atoms with Crippen molar-refractivity contribution in [2.45, 2.75) is 6.42 Å². The molecule has 0 aliphatic rings. The summed E-state index contributed by atoms with van der Waals surface area (Å²) in [5.74, 6) is 0.624. The summed E-state index contributed by atoms with van der Waals surface area (Å²) < 4.78 is 7.29. The molecule has 0 aliphatic carbocycles. The number of anilines is 1. The fourth-order valence-electron chi connectivity index (χ4n) is 3.93. The molecular weight excluding hydrogens is 410 g/mol. The number of nitrogens with one attached hydrogen (secondary N) is 1. The van der Waals surface area contributed by atoms with Crippen LogP contribution in [0.3, 0.4) is 0 Å². The number of carbonyl (C=O) groups excluding carboxylic acids is 1. The predicted molar refractivity (Wildman–Crippen MR) is 131 cm³/mol. The first-order valence-electron chi connectivity index (χ1n) is 10.8. The van der Waals surface area contributed by atoms with Crippen LogP contribution >= 0.6 is 0 Å². The van der Waals surface area contributed by atoms with Crippen molar-refractivity contribution in [3.05, 3.63) is 109 Å². The molecule has 0 saturated carbocycles. The zero-order valence-corrected chi connectivity index (χ0v) is 18.2. The topological polar surface area (TPSA) is 55.6 Å². The van der Waals surface area contributed by atoms with Crippen molar-refractivity contribution in [3.63, 3.8) is 0 Å². The maximum absolute atomic E-state index is 13.0. The number of rotatable bonds is 6. The van der Waals surface area contributed by atoms with Gasteiger partial charge in [-0.1, -0.05) is 72.8 Å². The molecule has 0 aliphatic heterocycles. The Morgan fingerprint density at radius 2 is 1.48 bits per heavy atom. The molecule has 0 saturated heterocycles. The standard InChI is InChI=1S/C28H23N3O2/c1-33-24-16-17-31-25(28(30-26(31)18-24)22-10-6-3-7-11-22)19-27(32)29-23-14-12-21(13-15-23)20-8-4-2-5-9-20/h2-18H,19H2,1H3,(H,29,32). The molecule has 0 atom stereocenters. The zero-order chi connectivity index (χ0) is 22.6. The predicted octanol–water partition coefficient (Wildman–Crippen LogP) is 5.86. The minimum atomic E-state index is -0.0998. The van der Waals surface area contributed by atoms with E-state index in [9.17, 15) is 4.79 Å². The van der Waals surface area contributed by atoms with E-state index in [2.05, 4.69) is 17.4 Å². The van der Waals surface area contributed by atoms with Crippen molar-refractivity contribution in [2.24, 2.45) is 0 Å². The summed E-state index contributed by atoms with van der Waals surface area (Å²) in [6, 6.07) is 31.7. The van der Waals surface area contributed by atoms with E-state index >= 15 is 0 Å². The number of fused-ring (bicyclic) bond motifs is 1. The quantitative estimate of drug-likeness (QED) is 0.365. The molecule has 2 heterocycles. The van der Waals surface area contributed by atoms with Crippen molar-refractivity contribution in [2.75, 3.05) is 12.4 Å². The van der Waals surface area contributed by atoms with Crippen LogP contribution in [0.15, 0.2) is 103 Å². The Bertz CT molecular complexity index is 1390. The Hall–Kier alpha value is -4.38. The summed E-state index contributed by atoms with van der Waals surface area (Å²) in [7, 11) is 1.63. The average Bonchev–Trinajstić information content (AvgIpc) is 3.22. The lowest BCUT2D eigenvalue weighted by Gasteiger charge is -2.09. The molecule has 162 valence electrons. The van der Waals surface area contributed by atoms with Crippen molar-refractivity contribution < 1.29 is 9.53 Å². The van der Waals surface area contributed by atoms with Gasteiger partial charge in [0, 0.05) is 23.5 Å². The Kier molecular flexibility index (Phi) is 5.60. The van der Waals surface area contributed by atoms with Gasteiger partial charge < -0.3 is 14.5 Å². The van der Waals surface area contributed by atoms with E-state index in [0.29, 0.717) is 0 Å². The number of methoxy groups -OCH3 is 1. The maximum atomic E-state index is 13.0. The molecule has 3 aromatic carbocycles. The van der Waals surface area contributed by atoms with Crippen LogP contribution < -0.4 is 10.1 Å². The van der Waals surface area contributed by atoms with Gasteiger partial charge in [-0.3, -0.25) is 4.79 Å². The summed E-state index contributed by atoms with van der Waals surface area (Å²) in [4.78, 5) is 17.8. The summed E-state index contributed by atoms with van der Waals surface area (Å²) >= 11 is 0. The van der Waals surface area contributed by atoms with Crippen molar-refractivity contribution in [3.8, 4) is 28.1 Å². The maximum Gasteiger partial charge on any atom is 0.230 e. The van der Waals surface area contributed by atoms with Gasteiger partial charge in [-0.15, -0.1) is 0 Å². The third-order valence-electron chi connectivity index (χ3n) is 5.58. The van der Waals surface area contributed by atoms with Crippen LogP contribution in [0.5, 0.6) is 5.75 Å². The van der Waals surface area contributed by atoms with Gasteiger partial charge in [0.05, 0.1) is 24.9 Å². The number of hydrogen-bond donors (Lipinski definition) is 1. The van der Waals surface area contributed by atoms with Crippen molar-refractivity contribution in [1.29, 1.82) is 0 Å². The Morgan fingerprint density at radius 1 is 0.848 bits per heavy atom. The van der Waals surface area contributed by atoms with Gasteiger partial charge in [0.25, 0.3) is 0 Å². The number of carbonyl (C=O) groups is 1. The van der Waals surface area contributed by atoms with E-state index in [-0.39, 0.29) is 12.3 Å². The van der Waals surface area contributed by atoms with E-state index in [0.717, 1.165) is 45.2 Å². The number of imidazole rings is 1. The lowest BCUT2D eigenvalue weighted by molar-refractivity contribution is -0.115. The monoisotopic (exact) mass is 433 g/mol. The number of nitrogens with zero attached hydrogens (tertiary/aromatic N) is 2. The van der Waals surface area contributed by atoms with Crippen LogP contribution in [-0.2, 0) is 11.2 Å². The molecule has 5 rings (SSSR count). The Labute approximate surface area is 192 Å². The van der Waals surface area contributed by atoms with Crippen LogP contribution in [0.2, 0.25) is 0 Å². The first-order valence-corrected chi connectivity index (χ1v) is 10.8. The number of aromatic nitrogens is 2. The number of ether oxygens (including phenoxy) is 1. The Balaban J connectivity index is 1.42. The third-order valence-corrected chi connectivity index (χ3v) is 5.58. The highest BCUT2D eigenvalue weighted by Crippen LogP contribution is 2.27. The van der Waals surface area contributed by atoms with Gasteiger partial charge in [-0.2, -0.15) is 0 Å². The van der Waals surface area contributed by atoms with Gasteiger partial charge in [-0.05, 0) is 29.3 Å². The molecule has 2 aromatic heterocycles. The zero-order valence-electron chi connectivity index (χ0n) is 18.2. The van der Waals surface area contributed by atoms with Crippen molar-refractivity contribution >= 4 is 17.2 Å². The third kappa shape index (κ3) is 4.34. The van der Waals surface area contributed by atoms with Gasteiger partial charge in [0.1, 0.15) is 11.4 Å². The van der Waals surface area contributed by atoms with E-state index < -0.39 is 0 Å². The van der Waals surface area contributed by atoms with Crippen LogP contribution in [0, 0.1) is 0 Å². The van der Waals surface area contributed by atoms with Crippen LogP contribution in [0.1, 0.15) is 5.69 Å². The minimum absolute atomic E-state index is 0.0998. The van der Waals surface area contributed by atoms with Crippen LogP contribution in [-0.4, -0.2) is 22.4 Å². The summed E-state index contributed by atoms with van der Waals surface area (Å²) in [6.07, 6.45) is 2.09. The molecular formula is C28H23N3O2. The van der Waals surface area contributed by atoms with Gasteiger partial charge in [-0.25, -0.2) is 4.98 Å². The van der Waals surface area contributed by atoms with E-state index in [1.807, 2.05) is 95.5 Å². The van der Waals surface area contributed by atoms with Crippen molar-refractivity contribution in [1.82, 2.24) is 9.38 Å². The van der Waals surface area contributed by atoms with E-state index in [1.54, 1.807) is 7.11 Å². The SMILES string of the molecule is COc1ccn2c(CC(=O)Nc3ccc(-c4ccccc4)cc3)c(-c3ccccc3)nc2c1. The highest BCUT2D eigenvalue weighted by molar-refractivity contribution is 5.93. The molecule has 5 heteroatoms. The van der Waals surface area contributed by atoms with Gasteiger partial charge >= 0.3 is 0 Å². The summed E-state index contributed by atoms with van der Waals surface area (Å²) in [5, 5.41) is 3.02. The van der Waals surface area contributed by atoms with Crippen LogP contribution in [0.4, 0.5) is 5.69 Å². The normalized spacial score (nSPS) is 10.8. The lowest BCUT2D eigenvalue weighted by Crippen LogP contribution is -2.16. The number of benzene rings is 3. The summed E-state index contributed by atoms with van der Waals surface area (Å²) in [6.45, 7) is 0. The summed E-state index contributed by atoms with van der Waals surface area (Å²) in [5.41, 5.74) is 6.34. The fourth-order valence-corrected chi connectivity index (χ4v) is 3.93. The minimum Gasteiger partial charge on any atom is -0.497 e. The number of hydrogen-bond acceptors (Lipinski definition) is 3. The van der Waals surface area contributed by atoms with Crippen LogP contribution in [0.25, 0.3) is 28.0 Å². The molecule has 1 N–H and O–H groups in total. The fraction of sp³-hybridized carbons (Fsp3) is 0.0714. The smallest absolute Gasteiger partial charge is 0.230 e. The number of amides is 1. The second kappa shape index (κ2) is 9.01. The van der Waals surface area contributed by atoms with E-state index in [4.69, 9.17) is 9.72 Å². The molecule has 0 spiro atoms. The molecule has 33 heavy (non-hydrogen) atoms. The molecule has 0 fully saturated rings. The molecule has 1 amide bonds. The second-order valence-corrected chi connectivity index (χ2v) is 7.74. The molecule has 0 radical (unpaired) electrons.